The second kappa shape index (κ2) is 49.5. The first-order valence-electron chi connectivity index (χ1n) is 39.9. The molecule has 0 aliphatic heterocycles. The molecule has 4 unspecified atom stereocenters. The van der Waals surface area contributed by atoms with E-state index in [1.807, 2.05) is 34.6 Å². The Labute approximate surface area is 692 Å². The fourth-order valence-corrected chi connectivity index (χ4v) is 32.1. The van der Waals surface area contributed by atoms with Crippen LogP contribution in [0.5, 0.6) is 0 Å². The Bertz CT molecular complexity index is 3170. The highest BCUT2D eigenvalue weighted by Gasteiger charge is 2.72. The lowest BCUT2D eigenvalue weighted by atomic mass is 9.61. The van der Waals surface area contributed by atoms with Crippen LogP contribution in [0.2, 0.25) is 76.6 Å². The maximum absolute atomic E-state index is 14.8. The molecule has 686 valence electrons. The zero-order valence-electron chi connectivity index (χ0n) is 71.8. The predicted octanol–water partition coefficient (Wildman–Crippen LogP) is 15.9. The van der Waals surface area contributed by atoms with Gasteiger partial charge >= 0.3 is 78.6 Å². The number of hydrogen-bond donors (Lipinski definition) is 4. The van der Waals surface area contributed by atoms with Gasteiger partial charge in [-0.05, 0) is 189 Å². The molecule has 4 atom stereocenters. The molecule has 2 rings (SSSR count). The van der Waals surface area contributed by atoms with Crippen LogP contribution in [0, 0.1) is 21.7 Å². The van der Waals surface area contributed by atoms with Crippen LogP contribution in [-0.2, 0) is 93.7 Å². The van der Waals surface area contributed by atoms with Crippen molar-refractivity contribution in [1.82, 2.24) is 21.3 Å². The number of carbonyl (C=O) groups is 8. The van der Waals surface area contributed by atoms with E-state index in [4.69, 9.17) is 55.6 Å². The van der Waals surface area contributed by atoms with Crippen molar-refractivity contribution in [1.29, 1.82) is 0 Å². The average Bonchev–Trinajstić information content (AvgIpc) is 0.776. The zero-order chi connectivity index (χ0) is 89.7. The van der Waals surface area contributed by atoms with Gasteiger partial charge in [0.25, 0.3) is 0 Å². The van der Waals surface area contributed by atoms with Crippen molar-refractivity contribution in [2.24, 2.45) is 21.7 Å². The molecule has 4 N–H and O–H groups in total. The summed E-state index contributed by atoms with van der Waals surface area (Å²) in [6, 6.07) is 1.74. The Hall–Kier alpha value is -5.71. The van der Waals surface area contributed by atoms with Crippen molar-refractivity contribution in [3.8, 4) is 0 Å². The summed E-state index contributed by atoms with van der Waals surface area (Å²) in [4.78, 5) is 97.7. The molecule has 28 nitrogen and oxygen atoms in total. The van der Waals surface area contributed by atoms with Crippen LogP contribution in [0.25, 0.3) is 0 Å². The lowest BCUT2D eigenvalue weighted by Gasteiger charge is -2.46. The molecule has 0 spiro atoms. The van der Waals surface area contributed by atoms with E-state index >= 15 is 0 Å². The number of amides is 4. The van der Waals surface area contributed by atoms with Gasteiger partial charge in [0, 0.05) is 69.0 Å². The number of alkyl halides is 10. The minimum absolute atomic E-state index is 0.0163. The normalized spacial score (nSPS) is 18.7. The Morgan fingerprint density at radius 2 is 0.771 bits per heavy atom. The lowest BCUT2D eigenvalue weighted by Crippen LogP contribution is -2.56. The first-order chi connectivity index (χ1) is 54.2. The van der Waals surface area contributed by atoms with Crippen molar-refractivity contribution in [2.75, 3.05) is 119 Å². The first kappa shape index (κ1) is 108. The summed E-state index contributed by atoms with van der Waals surface area (Å²) in [5, 5.41) is 9.87. The molecule has 0 aromatic rings. The number of alkyl carbamates (subject to hydrolysis) is 4. The van der Waals surface area contributed by atoms with E-state index in [0.29, 0.717) is 58.5 Å². The minimum Gasteiger partial charge on any atom is -0.463 e. The van der Waals surface area contributed by atoms with E-state index < -0.39 is 165 Å². The highest BCUT2D eigenvalue weighted by Crippen LogP contribution is 2.51. The van der Waals surface area contributed by atoms with Crippen LogP contribution < -0.4 is 21.3 Å². The van der Waals surface area contributed by atoms with Crippen LogP contribution >= 0.6 is 0 Å². The number of nitrogens with one attached hydrogen (secondary N) is 4. The Kier molecular flexibility index (Phi) is 45.5. The van der Waals surface area contributed by atoms with Crippen LogP contribution in [0.15, 0.2) is 24.3 Å². The van der Waals surface area contributed by atoms with Gasteiger partial charge in [-0.3, -0.25) is 9.59 Å². The standard InChI is InChI=1S/C76H132F10N4O24Si4/c1-56(2)62(93)105-33-19-24-60(91)103-40-36-99-29-20-44-115(11,12)113-116(13,14)45-21-30-100-37-41-104-61(92)25-26-70(9)50-58(48-68(5,6)52-70)90-67(98)110-55-73(79,80)111-75(83,84)76(85,86)112-74(81,82)72(77,78)27-34-107-66(97)89-59-49-69(7,8)53-71(10,51-59)54-88-65(96)109-43-39-102-32-23-47-118(17,18)114-117(15,16)46-22-31-101-38-42-108-64(95)87-28-35-106-63(94)57(3)4/h58-59H,1,3,19-55H2,2,4-18H3,(H,87,95)(H,88,96)(H,89,97)(H,90,98). The molecule has 2 saturated carbocycles. The Balaban J connectivity index is 1.72. The fraction of sp³-hybridized carbons (Fsp3) is 0.842. The molecule has 2 aliphatic carbocycles. The monoisotopic (exact) mass is 1790 g/mol. The van der Waals surface area contributed by atoms with Gasteiger partial charge in [-0.1, -0.05) is 54.7 Å². The van der Waals surface area contributed by atoms with E-state index in [1.165, 1.54) is 13.8 Å². The smallest absolute Gasteiger partial charge is 0.453 e. The maximum Gasteiger partial charge on any atom is 0.453 e. The van der Waals surface area contributed by atoms with Crippen molar-refractivity contribution >= 4 is 81.5 Å². The molecule has 0 radical (unpaired) electrons. The SMILES string of the molecule is C=C(C)C(=O)OCCCC(=O)OCCOCCC[Si](C)(C)O[Si](C)(C)CCCOCCOC(=O)CCC1(C)CC(NC(=O)OCC(F)(F)OC(F)(F)C(F)(F)OC(F)(F)C(F)(F)CCOC(=O)NC2CC(C)(C)CC(C)(CNC(=O)OCCOCCC[Si](C)(C)O[Si](C)(C)CCCOCCOC(=O)NCCOC(=O)C(=C)C)C2)CC(C)(C)C1. The number of esters is 4. The van der Waals surface area contributed by atoms with Crippen LogP contribution in [0.1, 0.15) is 152 Å². The number of halogens is 10. The third-order valence-corrected chi connectivity index (χ3v) is 33.9. The highest BCUT2D eigenvalue weighted by atomic mass is 28.4. The summed E-state index contributed by atoms with van der Waals surface area (Å²) in [5.41, 5.74) is -1.94. The van der Waals surface area contributed by atoms with E-state index in [0.717, 1.165) is 37.0 Å². The predicted molar refractivity (Wildman–Crippen MR) is 423 cm³/mol. The third-order valence-electron chi connectivity index (χ3n) is 18.8. The maximum atomic E-state index is 14.8. The minimum atomic E-state index is -6.91. The number of rotatable bonds is 59. The first-order valence-corrected chi connectivity index (χ1v) is 52.4. The van der Waals surface area contributed by atoms with E-state index in [2.05, 4.69) is 106 Å². The van der Waals surface area contributed by atoms with Gasteiger partial charge in [-0.2, -0.15) is 43.9 Å². The molecule has 118 heavy (non-hydrogen) atoms. The van der Waals surface area contributed by atoms with E-state index in [-0.39, 0.29) is 135 Å². The third kappa shape index (κ3) is 47.1. The molecule has 0 aromatic carbocycles. The Morgan fingerprint density at radius 1 is 0.398 bits per heavy atom. The molecule has 42 heteroatoms. The van der Waals surface area contributed by atoms with Crippen molar-refractivity contribution in [2.45, 2.75) is 271 Å². The molecular formula is C76H132F10N4O24Si4. The average molecular weight is 1790 g/mol. The molecule has 0 aromatic heterocycles. The summed E-state index contributed by atoms with van der Waals surface area (Å²) in [7, 11) is -8.27. The number of ether oxygens (including phenoxy) is 14. The summed E-state index contributed by atoms with van der Waals surface area (Å²) in [6.45, 7) is 36.6. The summed E-state index contributed by atoms with van der Waals surface area (Å²) >= 11 is 0. The molecular weight excluding hydrogens is 1660 g/mol. The molecule has 0 heterocycles. The lowest BCUT2D eigenvalue weighted by molar-refractivity contribution is -0.529. The Morgan fingerprint density at radius 3 is 1.21 bits per heavy atom. The van der Waals surface area contributed by atoms with Crippen LogP contribution in [0.3, 0.4) is 0 Å². The van der Waals surface area contributed by atoms with Crippen LogP contribution in [0.4, 0.5) is 63.1 Å². The summed E-state index contributed by atoms with van der Waals surface area (Å²) in [6.07, 6.45) is -27.3. The molecule has 2 fully saturated rings. The second-order valence-corrected chi connectivity index (χ2v) is 52.6. The molecule has 4 amide bonds. The van der Waals surface area contributed by atoms with Gasteiger partial charge in [0.2, 0.25) is 0 Å². The summed E-state index contributed by atoms with van der Waals surface area (Å²) < 4.78 is 228. The van der Waals surface area contributed by atoms with Crippen molar-refractivity contribution < 1.29 is 157 Å². The largest absolute Gasteiger partial charge is 0.463 e. The van der Waals surface area contributed by atoms with Gasteiger partial charge in [0.15, 0.2) is 39.9 Å². The van der Waals surface area contributed by atoms with E-state index in [1.54, 1.807) is 6.92 Å². The molecule has 0 bridgehead atoms. The van der Waals surface area contributed by atoms with E-state index in [9.17, 15) is 82.3 Å². The van der Waals surface area contributed by atoms with Crippen molar-refractivity contribution in [3.63, 3.8) is 0 Å². The van der Waals surface area contributed by atoms with Gasteiger partial charge < -0.3 is 86.3 Å². The molecule has 2 aliphatic rings. The quantitative estimate of drug-likeness (QED) is 0.0110. The van der Waals surface area contributed by atoms with Gasteiger partial charge in [-0.15, -0.1) is 0 Å². The molecule has 0 saturated heterocycles. The van der Waals surface area contributed by atoms with Gasteiger partial charge in [0.1, 0.15) is 33.0 Å². The van der Waals surface area contributed by atoms with Crippen molar-refractivity contribution in [3.05, 3.63) is 24.3 Å². The number of hydrogen-bond acceptors (Lipinski definition) is 24. The second-order valence-electron chi connectivity index (χ2n) is 34.9. The van der Waals surface area contributed by atoms with Gasteiger partial charge in [0.05, 0.1) is 52.6 Å². The summed E-state index contributed by atoms with van der Waals surface area (Å²) in [5.74, 6) is -7.84. The fourth-order valence-electron chi connectivity index (χ4n) is 14.5. The highest BCUT2D eigenvalue weighted by molar-refractivity contribution is 6.85. The topological polar surface area (TPSA) is 332 Å². The number of carbonyl (C=O) groups excluding carboxylic acids is 8. The van der Waals surface area contributed by atoms with Crippen LogP contribution in [-0.4, -0.2) is 243 Å². The van der Waals surface area contributed by atoms with Gasteiger partial charge in [-0.25, -0.2) is 38.2 Å². The zero-order valence-corrected chi connectivity index (χ0v) is 75.8.